The van der Waals surface area contributed by atoms with Crippen LogP contribution >= 0.6 is 0 Å². The second kappa shape index (κ2) is 7.66. The highest BCUT2D eigenvalue weighted by Crippen LogP contribution is 2.21. The molecule has 3 aromatic rings. The number of fused-ring (bicyclic) bond motifs is 1. The van der Waals surface area contributed by atoms with Crippen molar-refractivity contribution in [1.29, 1.82) is 0 Å². The number of amides is 2. The van der Waals surface area contributed by atoms with E-state index >= 15 is 0 Å². The number of carbonyl (C=O) groups excluding carboxylic acids is 1. The third-order valence-electron chi connectivity index (χ3n) is 4.57. The lowest BCUT2D eigenvalue weighted by molar-refractivity contribution is 0.262. The third kappa shape index (κ3) is 4.19. The molecular weight excluding hydrogens is 338 g/mol. The third-order valence-corrected chi connectivity index (χ3v) is 4.57. The summed E-state index contributed by atoms with van der Waals surface area (Å²) in [6.45, 7) is 8.75. The summed E-state index contributed by atoms with van der Waals surface area (Å²) < 4.78 is 1.67. The molecule has 1 heterocycles. The number of aryl methyl sites for hydroxylation is 2. The highest BCUT2D eigenvalue weighted by atomic mass is 16.2. The predicted molar refractivity (Wildman–Crippen MR) is 112 cm³/mol. The van der Waals surface area contributed by atoms with Crippen molar-refractivity contribution in [3.63, 3.8) is 0 Å². The Morgan fingerprint density at radius 3 is 2.37 bits per heavy atom. The Kier molecular flexibility index (Phi) is 5.31. The maximum Gasteiger partial charge on any atom is 0.323 e. The fraction of sp³-hybridized carbons (Fsp3) is 0.273. The van der Waals surface area contributed by atoms with Crippen LogP contribution in [-0.2, 0) is 6.54 Å². The molecule has 0 saturated heterocycles. The lowest BCUT2D eigenvalue weighted by Crippen LogP contribution is -2.25. The Balaban J connectivity index is 1.93. The van der Waals surface area contributed by atoms with Gasteiger partial charge in [-0.3, -0.25) is 4.79 Å². The summed E-state index contributed by atoms with van der Waals surface area (Å²) in [7, 11) is 0. The molecule has 0 aliphatic rings. The number of anilines is 2. The van der Waals surface area contributed by atoms with E-state index in [2.05, 4.69) is 24.5 Å². The molecule has 5 heteroatoms. The van der Waals surface area contributed by atoms with E-state index in [1.54, 1.807) is 16.8 Å². The standard InChI is InChI=1S/C22H25N3O2/c1-14(2)12-25-13-20(18-7-5-6-8-19(18)21(25)26)24-22(27)23-17-10-9-15(3)16(4)11-17/h5-11,13-14H,12H2,1-4H3,(H2,23,24,27). The van der Waals surface area contributed by atoms with Gasteiger partial charge in [-0.2, -0.15) is 0 Å². The summed E-state index contributed by atoms with van der Waals surface area (Å²) >= 11 is 0. The van der Waals surface area contributed by atoms with Crippen LogP contribution in [0.3, 0.4) is 0 Å². The van der Waals surface area contributed by atoms with Crippen molar-refractivity contribution in [2.45, 2.75) is 34.2 Å². The average molecular weight is 363 g/mol. The molecule has 27 heavy (non-hydrogen) atoms. The van der Waals surface area contributed by atoms with E-state index < -0.39 is 0 Å². The number of hydrogen-bond donors (Lipinski definition) is 2. The van der Waals surface area contributed by atoms with Gasteiger partial charge in [-0.1, -0.05) is 38.1 Å². The summed E-state index contributed by atoms with van der Waals surface area (Å²) in [5, 5.41) is 7.09. The van der Waals surface area contributed by atoms with E-state index in [-0.39, 0.29) is 11.6 Å². The number of aromatic nitrogens is 1. The number of benzene rings is 2. The van der Waals surface area contributed by atoms with Gasteiger partial charge in [0.2, 0.25) is 0 Å². The minimum atomic E-state index is -0.335. The van der Waals surface area contributed by atoms with Crippen LogP contribution in [0.15, 0.2) is 53.5 Å². The molecule has 0 atom stereocenters. The second-order valence-corrected chi connectivity index (χ2v) is 7.32. The fourth-order valence-electron chi connectivity index (χ4n) is 3.08. The number of nitrogens with one attached hydrogen (secondary N) is 2. The largest absolute Gasteiger partial charge is 0.323 e. The topological polar surface area (TPSA) is 63.1 Å². The smallest absolute Gasteiger partial charge is 0.313 e. The van der Waals surface area contributed by atoms with Crippen LogP contribution in [0.4, 0.5) is 16.2 Å². The number of nitrogens with zero attached hydrogens (tertiary/aromatic N) is 1. The maximum absolute atomic E-state index is 12.7. The summed E-state index contributed by atoms with van der Waals surface area (Å²) in [5.41, 5.74) is 3.60. The number of carbonyl (C=O) groups is 1. The first kappa shape index (κ1) is 18.7. The van der Waals surface area contributed by atoms with Gasteiger partial charge >= 0.3 is 6.03 Å². The molecule has 2 amide bonds. The number of urea groups is 1. The molecular formula is C22H25N3O2. The van der Waals surface area contributed by atoms with Gasteiger partial charge in [0.25, 0.3) is 5.56 Å². The van der Waals surface area contributed by atoms with Gasteiger partial charge in [-0.05, 0) is 49.1 Å². The Morgan fingerprint density at radius 2 is 1.70 bits per heavy atom. The van der Waals surface area contributed by atoms with E-state index in [1.807, 2.05) is 50.2 Å². The van der Waals surface area contributed by atoms with Gasteiger partial charge in [0, 0.05) is 29.2 Å². The van der Waals surface area contributed by atoms with Crippen molar-refractivity contribution in [2.75, 3.05) is 10.6 Å². The molecule has 0 bridgehead atoms. The van der Waals surface area contributed by atoms with Crippen LogP contribution < -0.4 is 16.2 Å². The van der Waals surface area contributed by atoms with Crippen LogP contribution in [0.1, 0.15) is 25.0 Å². The molecule has 0 saturated carbocycles. The Labute approximate surface area is 159 Å². The summed E-state index contributed by atoms with van der Waals surface area (Å²) in [6.07, 6.45) is 1.73. The predicted octanol–water partition coefficient (Wildman–Crippen LogP) is 4.92. The molecule has 1 aromatic heterocycles. The first-order valence-corrected chi connectivity index (χ1v) is 9.12. The van der Waals surface area contributed by atoms with Gasteiger partial charge in [0.05, 0.1) is 5.69 Å². The van der Waals surface area contributed by atoms with Gasteiger partial charge in [0.1, 0.15) is 0 Å². The summed E-state index contributed by atoms with van der Waals surface area (Å²) in [5.74, 6) is 0.320. The number of rotatable bonds is 4. The molecule has 5 nitrogen and oxygen atoms in total. The Hall–Kier alpha value is -3.08. The van der Waals surface area contributed by atoms with E-state index in [9.17, 15) is 9.59 Å². The zero-order chi connectivity index (χ0) is 19.6. The lowest BCUT2D eigenvalue weighted by Gasteiger charge is -2.15. The van der Waals surface area contributed by atoms with Crippen LogP contribution in [0.5, 0.6) is 0 Å². The second-order valence-electron chi connectivity index (χ2n) is 7.32. The van der Waals surface area contributed by atoms with Crippen molar-refractivity contribution in [3.8, 4) is 0 Å². The van der Waals surface area contributed by atoms with Crippen molar-refractivity contribution < 1.29 is 4.79 Å². The monoisotopic (exact) mass is 363 g/mol. The lowest BCUT2D eigenvalue weighted by atomic mass is 10.1. The van der Waals surface area contributed by atoms with Gasteiger partial charge in [0.15, 0.2) is 0 Å². The quantitative estimate of drug-likeness (QED) is 0.691. The normalized spacial score (nSPS) is 11.0. The molecule has 0 fully saturated rings. The van der Waals surface area contributed by atoms with E-state index in [4.69, 9.17) is 0 Å². The minimum absolute atomic E-state index is 0.0422. The van der Waals surface area contributed by atoms with Crippen molar-refractivity contribution in [1.82, 2.24) is 4.57 Å². The van der Waals surface area contributed by atoms with Crippen molar-refractivity contribution in [3.05, 3.63) is 70.1 Å². The SMILES string of the molecule is Cc1ccc(NC(=O)Nc2cn(CC(C)C)c(=O)c3ccccc23)cc1C. The molecule has 0 aliphatic carbocycles. The van der Waals surface area contributed by atoms with E-state index in [0.29, 0.717) is 23.5 Å². The van der Waals surface area contributed by atoms with Crippen LogP contribution in [-0.4, -0.2) is 10.6 Å². The van der Waals surface area contributed by atoms with Gasteiger partial charge in [-0.25, -0.2) is 4.79 Å². The van der Waals surface area contributed by atoms with Crippen LogP contribution in [0, 0.1) is 19.8 Å². The minimum Gasteiger partial charge on any atom is -0.313 e. The van der Waals surface area contributed by atoms with Gasteiger partial charge in [-0.15, -0.1) is 0 Å². The molecule has 3 rings (SSSR count). The molecule has 2 N–H and O–H groups in total. The zero-order valence-corrected chi connectivity index (χ0v) is 16.2. The molecule has 2 aromatic carbocycles. The molecule has 0 aliphatic heterocycles. The zero-order valence-electron chi connectivity index (χ0n) is 16.2. The number of pyridine rings is 1. The number of hydrogen-bond acceptors (Lipinski definition) is 2. The molecule has 0 unspecified atom stereocenters. The van der Waals surface area contributed by atoms with Crippen LogP contribution in [0.2, 0.25) is 0 Å². The van der Waals surface area contributed by atoms with Crippen LogP contribution in [0.25, 0.3) is 10.8 Å². The van der Waals surface area contributed by atoms with E-state index in [0.717, 1.165) is 16.6 Å². The maximum atomic E-state index is 12.7. The van der Waals surface area contributed by atoms with Crippen molar-refractivity contribution >= 4 is 28.2 Å². The highest BCUT2D eigenvalue weighted by Gasteiger charge is 2.12. The summed E-state index contributed by atoms with van der Waals surface area (Å²) in [4.78, 5) is 25.2. The first-order chi connectivity index (χ1) is 12.8. The molecule has 140 valence electrons. The van der Waals surface area contributed by atoms with Gasteiger partial charge < -0.3 is 15.2 Å². The molecule has 0 spiro atoms. The Morgan fingerprint density at radius 1 is 1.00 bits per heavy atom. The fourth-order valence-corrected chi connectivity index (χ4v) is 3.08. The van der Waals surface area contributed by atoms with E-state index in [1.165, 1.54) is 5.56 Å². The average Bonchev–Trinajstić information content (AvgIpc) is 2.62. The van der Waals surface area contributed by atoms with Crippen molar-refractivity contribution in [2.24, 2.45) is 5.92 Å². The highest BCUT2D eigenvalue weighted by molar-refractivity contribution is 6.05. The Bertz CT molecular complexity index is 1050. The first-order valence-electron chi connectivity index (χ1n) is 9.12. The molecule has 0 radical (unpaired) electrons. The summed E-state index contributed by atoms with van der Waals surface area (Å²) in [6, 6.07) is 12.8.